The summed E-state index contributed by atoms with van der Waals surface area (Å²) in [6.45, 7) is 8.02. The number of hydrogen-bond acceptors (Lipinski definition) is 2. The molecule has 2 heteroatoms. The van der Waals surface area contributed by atoms with Gasteiger partial charge in [-0.15, -0.1) is 0 Å². The fourth-order valence-corrected chi connectivity index (χ4v) is 3.32. The van der Waals surface area contributed by atoms with Gasteiger partial charge in [0.25, 0.3) is 6.47 Å². The van der Waals surface area contributed by atoms with Crippen molar-refractivity contribution in [3.05, 3.63) is 0 Å². The molecule has 0 atom stereocenters. The Labute approximate surface area is 133 Å². The third-order valence-electron chi connectivity index (χ3n) is 4.75. The first kappa shape index (κ1) is 20.5. The highest BCUT2D eigenvalue weighted by Crippen LogP contribution is 2.40. The van der Waals surface area contributed by atoms with Crippen LogP contribution in [0.5, 0.6) is 0 Å². The Morgan fingerprint density at radius 3 is 1.48 bits per heavy atom. The van der Waals surface area contributed by atoms with Crippen molar-refractivity contribution in [3.63, 3.8) is 0 Å². The summed E-state index contributed by atoms with van der Waals surface area (Å²) in [7, 11) is 0. The number of hydrogen-bond donors (Lipinski definition) is 0. The fourth-order valence-electron chi connectivity index (χ4n) is 3.32. The minimum atomic E-state index is 0.419. The van der Waals surface area contributed by atoms with Gasteiger partial charge in [-0.2, -0.15) is 0 Å². The van der Waals surface area contributed by atoms with E-state index in [1.165, 1.54) is 77.0 Å². The SMILES string of the molecule is CCCCCC(CCCCC)(CCCCC)CCOC=O. The molecule has 0 amide bonds. The molecule has 0 spiro atoms. The Hall–Kier alpha value is -0.530. The third kappa shape index (κ3) is 10.8. The van der Waals surface area contributed by atoms with Gasteiger partial charge in [0.2, 0.25) is 0 Å². The molecule has 0 unspecified atom stereocenters. The van der Waals surface area contributed by atoms with Gasteiger partial charge in [0, 0.05) is 0 Å². The first-order valence-corrected chi connectivity index (χ1v) is 9.30. The minimum absolute atomic E-state index is 0.419. The molecule has 126 valence electrons. The standard InChI is InChI=1S/C19H38O2/c1-4-7-10-13-19(14-11-8-5-2,15-12-9-6-3)16-17-21-18-20/h18H,4-17H2,1-3H3. The first-order chi connectivity index (χ1) is 10.2. The second-order valence-corrected chi connectivity index (χ2v) is 6.59. The van der Waals surface area contributed by atoms with E-state index in [0.717, 1.165) is 6.42 Å². The van der Waals surface area contributed by atoms with Gasteiger partial charge in [-0.05, 0) is 31.1 Å². The molecule has 0 rings (SSSR count). The van der Waals surface area contributed by atoms with Gasteiger partial charge < -0.3 is 4.74 Å². The molecule has 0 aromatic carbocycles. The molecule has 0 aliphatic carbocycles. The van der Waals surface area contributed by atoms with Crippen LogP contribution in [0, 0.1) is 5.41 Å². The molecule has 21 heavy (non-hydrogen) atoms. The van der Waals surface area contributed by atoms with Crippen LogP contribution >= 0.6 is 0 Å². The quantitative estimate of drug-likeness (QED) is 0.248. The van der Waals surface area contributed by atoms with E-state index in [1.807, 2.05) is 0 Å². The smallest absolute Gasteiger partial charge is 0.293 e. The molecular weight excluding hydrogens is 260 g/mol. The number of ether oxygens (including phenoxy) is 1. The second kappa shape index (κ2) is 14.4. The van der Waals surface area contributed by atoms with Crippen LogP contribution in [0.3, 0.4) is 0 Å². The van der Waals surface area contributed by atoms with E-state index in [0.29, 0.717) is 18.5 Å². The highest BCUT2D eigenvalue weighted by molar-refractivity contribution is 5.36. The molecule has 0 fully saturated rings. The summed E-state index contributed by atoms with van der Waals surface area (Å²) >= 11 is 0. The highest BCUT2D eigenvalue weighted by Gasteiger charge is 2.28. The lowest BCUT2D eigenvalue weighted by Gasteiger charge is -2.34. The molecule has 0 bridgehead atoms. The van der Waals surface area contributed by atoms with E-state index in [4.69, 9.17) is 4.74 Å². The molecule has 0 heterocycles. The average Bonchev–Trinajstić information content (AvgIpc) is 2.48. The van der Waals surface area contributed by atoms with Crippen LogP contribution in [0.25, 0.3) is 0 Å². The largest absolute Gasteiger partial charge is 0.468 e. The van der Waals surface area contributed by atoms with E-state index >= 15 is 0 Å². The number of carbonyl (C=O) groups is 1. The van der Waals surface area contributed by atoms with Crippen molar-refractivity contribution in [2.45, 2.75) is 104 Å². The van der Waals surface area contributed by atoms with Crippen LogP contribution < -0.4 is 0 Å². The first-order valence-electron chi connectivity index (χ1n) is 9.30. The van der Waals surface area contributed by atoms with Crippen LogP contribution in [0.2, 0.25) is 0 Å². The predicted octanol–water partition coefficient (Wildman–Crippen LogP) is 6.28. The molecular formula is C19H38O2. The summed E-state index contributed by atoms with van der Waals surface area (Å²) in [4.78, 5) is 10.4. The van der Waals surface area contributed by atoms with Crippen molar-refractivity contribution in [1.82, 2.24) is 0 Å². The van der Waals surface area contributed by atoms with Crippen molar-refractivity contribution in [2.75, 3.05) is 6.61 Å². The molecule has 0 radical (unpaired) electrons. The van der Waals surface area contributed by atoms with Gasteiger partial charge in [0.15, 0.2) is 0 Å². The number of rotatable bonds is 16. The zero-order valence-electron chi connectivity index (χ0n) is 14.8. The normalized spacial score (nSPS) is 11.6. The summed E-state index contributed by atoms with van der Waals surface area (Å²) in [5, 5.41) is 0. The molecule has 0 aliphatic heterocycles. The Balaban J connectivity index is 4.56. The monoisotopic (exact) mass is 298 g/mol. The average molecular weight is 299 g/mol. The second-order valence-electron chi connectivity index (χ2n) is 6.59. The predicted molar refractivity (Wildman–Crippen MR) is 91.5 cm³/mol. The number of unbranched alkanes of at least 4 members (excludes halogenated alkanes) is 6. The van der Waals surface area contributed by atoms with Crippen molar-refractivity contribution in [2.24, 2.45) is 5.41 Å². The van der Waals surface area contributed by atoms with E-state index in [2.05, 4.69) is 20.8 Å². The molecule has 0 N–H and O–H groups in total. The summed E-state index contributed by atoms with van der Waals surface area (Å²) in [5.74, 6) is 0. The minimum Gasteiger partial charge on any atom is -0.468 e. The van der Waals surface area contributed by atoms with Crippen LogP contribution in [-0.2, 0) is 9.53 Å². The van der Waals surface area contributed by atoms with E-state index in [9.17, 15) is 4.79 Å². The van der Waals surface area contributed by atoms with Crippen molar-refractivity contribution < 1.29 is 9.53 Å². The summed E-state index contributed by atoms with van der Waals surface area (Å²) in [6.07, 6.45) is 16.8. The zero-order chi connectivity index (χ0) is 15.8. The van der Waals surface area contributed by atoms with E-state index < -0.39 is 0 Å². The van der Waals surface area contributed by atoms with Crippen LogP contribution in [0.15, 0.2) is 0 Å². The lowest BCUT2D eigenvalue weighted by molar-refractivity contribution is -0.129. The van der Waals surface area contributed by atoms with Crippen molar-refractivity contribution in [1.29, 1.82) is 0 Å². The Bertz CT molecular complexity index is 199. The molecule has 2 nitrogen and oxygen atoms in total. The maximum Gasteiger partial charge on any atom is 0.293 e. The maximum absolute atomic E-state index is 10.4. The molecule has 0 aromatic rings. The summed E-state index contributed by atoms with van der Waals surface area (Å²) in [6, 6.07) is 0. The maximum atomic E-state index is 10.4. The van der Waals surface area contributed by atoms with E-state index in [1.54, 1.807) is 0 Å². The fraction of sp³-hybridized carbons (Fsp3) is 0.947. The molecule has 0 saturated heterocycles. The lowest BCUT2D eigenvalue weighted by Crippen LogP contribution is -2.23. The third-order valence-corrected chi connectivity index (χ3v) is 4.75. The van der Waals surface area contributed by atoms with Gasteiger partial charge in [-0.1, -0.05) is 78.6 Å². The Kier molecular flexibility index (Phi) is 14.0. The molecule has 0 saturated carbocycles. The van der Waals surface area contributed by atoms with Gasteiger partial charge in [0.05, 0.1) is 6.61 Å². The number of carbonyl (C=O) groups excluding carboxylic acids is 1. The van der Waals surface area contributed by atoms with Gasteiger partial charge in [-0.3, -0.25) is 4.79 Å². The summed E-state index contributed by atoms with van der Waals surface area (Å²) < 4.78 is 5.03. The van der Waals surface area contributed by atoms with Gasteiger partial charge in [0.1, 0.15) is 0 Å². The van der Waals surface area contributed by atoms with Crippen LogP contribution in [-0.4, -0.2) is 13.1 Å². The molecule has 0 aliphatic rings. The van der Waals surface area contributed by atoms with Gasteiger partial charge >= 0.3 is 0 Å². The van der Waals surface area contributed by atoms with Gasteiger partial charge in [-0.25, -0.2) is 0 Å². The van der Waals surface area contributed by atoms with Crippen LogP contribution in [0.1, 0.15) is 104 Å². The highest BCUT2D eigenvalue weighted by atomic mass is 16.5. The summed E-state index contributed by atoms with van der Waals surface area (Å²) in [5.41, 5.74) is 0.419. The Morgan fingerprint density at radius 1 is 0.714 bits per heavy atom. The van der Waals surface area contributed by atoms with Crippen molar-refractivity contribution >= 4 is 6.47 Å². The lowest BCUT2D eigenvalue weighted by atomic mass is 9.72. The topological polar surface area (TPSA) is 26.3 Å². The zero-order valence-corrected chi connectivity index (χ0v) is 14.8. The van der Waals surface area contributed by atoms with E-state index in [-0.39, 0.29) is 0 Å². The van der Waals surface area contributed by atoms with Crippen molar-refractivity contribution in [3.8, 4) is 0 Å². The van der Waals surface area contributed by atoms with Crippen LogP contribution in [0.4, 0.5) is 0 Å². The molecule has 0 aromatic heterocycles. The Morgan fingerprint density at radius 2 is 1.14 bits per heavy atom.